The minimum absolute atomic E-state index is 0.0577. The van der Waals surface area contributed by atoms with E-state index in [9.17, 15) is 19.5 Å². The van der Waals surface area contributed by atoms with Crippen molar-refractivity contribution in [3.05, 3.63) is 29.6 Å². The molecule has 10 heteroatoms. The van der Waals surface area contributed by atoms with Crippen LogP contribution in [0.3, 0.4) is 0 Å². The van der Waals surface area contributed by atoms with Gasteiger partial charge >= 0.3 is 18.0 Å². The van der Waals surface area contributed by atoms with Gasteiger partial charge in [0.1, 0.15) is 0 Å². The molecule has 10 nitrogen and oxygen atoms in total. The zero-order valence-electron chi connectivity index (χ0n) is 17.6. The fraction of sp³-hybridized carbons (Fsp3) is 0.600. The van der Waals surface area contributed by atoms with Crippen LogP contribution in [0, 0.1) is 0 Å². The number of carbonyl (C=O) groups is 3. The van der Waals surface area contributed by atoms with Crippen LogP contribution in [-0.4, -0.2) is 95.3 Å². The number of carboxylic acid groups (broad SMARTS) is 1. The number of rotatable bonds is 6. The van der Waals surface area contributed by atoms with Gasteiger partial charge in [-0.1, -0.05) is 6.07 Å². The second-order valence-electron chi connectivity index (χ2n) is 6.92. The summed E-state index contributed by atoms with van der Waals surface area (Å²) in [5.74, 6) is -0.716. The van der Waals surface area contributed by atoms with Gasteiger partial charge in [0.15, 0.2) is 0 Å². The Labute approximate surface area is 176 Å². The first-order chi connectivity index (χ1) is 14.4. The fourth-order valence-electron chi connectivity index (χ4n) is 3.20. The smallest absolute Gasteiger partial charge is 0.407 e. The molecule has 1 aromatic heterocycles. The van der Waals surface area contributed by atoms with Crippen LogP contribution in [0.25, 0.3) is 0 Å². The lowest BCUT2D eigenvalue weighted by molar-refractivity contribution is -0.145. The molecule has 0 spiro atoms. The summed E-state index contributed by atoms with van der Waals surface area (Å²) in [5.41, 5.74) is 1.52. The number of nitrogens with zero attached hydrogens (tertiary/aromatic N) is 4. The van der Waals surface area contributed by atoms with E-state index in [0.29, 0.717) is 26.2 Å². The van der Waals surface area contributed by atoms with E-state index in [0.717, 1.165) is 11.4 Å². The number of ether oxygens (including phenoxy) is 2. The quantitative estimate of drug-likeness (QED) is 0.665. The predicted octanol–water partition coefficient (Wildman–Crippen LogP) is 0.805. The number of carbonyl (C=O) groups excluding carboxylic acids is 2. The second-order valence-corrected chi connectivity index (χ2v) is 6.92. The highest BCUT2D eigenvalue weighted by Gasteiger charge is 2.21. The van der Waals surface area contributed by atoms with Gasteiger partial charge < -0.3 is 19.5 Å². The van der Waals surface area contributed by atoms with Gasteiger partial charge in [-0.25, -0.2) is 4.79 Å². The third kappa shape index (κ3) is 7.96. The largest absolute Gasteiger partial charge is 0.465 e. The maximum Gasteiger partial charge on any atom is 0.407 e. The molecule has 0 atom stereocenters. The molecule has 2 rings (SSSR count). The minimum atomic E-state index is -1.05. The molecule has 1 aromatic rings. The van der Waals surface area contributed by atoms with E-state index in [1.54, 1.807) is 13.8 Å². The number of esters is 2. The monoisotopic (exact) mass is 422 g/mol. The van der Waals surface area contributed by atoms with E-state index >= 15 is 0 Å². The van der Waals surface area contributed by atoms with Gasteiger partial charge in [-0.15, -0.1) is 0 Å². The Balaban J connectivity index is 2.22. The first kappa shape index (κ1) is 23.6. The summed E-state index contributed by atoms with van der Waals surface area (Å²) in [6, 6.07) is 5.61. The van der Waals surface area contributed by atoms with E-state index in [1.165, 1.54) is 4.90 Å². The maximum atomic E-state index is 12.0. The van der Waals surface area contributed by atoms with Crippen LogP contribution in [-0.2, 0) is 32.2 Å². The Morgan fingerprint density at radius 1 is 0.900 bits per heavy atom. The van der Waals surface area contributed by atoms with Gasteiger partial charge in [0, 0.05) is 39.3 Å². The number of fused-ring (bicyclic) bond motifs is 2. The molecule has 0 unspecified atom stereocenters. The van der Waals surface area contributed by atoms with Gasteiger partial charge in [-0.2, -0.15) is 0 Å². The Morgan fingerprint density at radius 2 is 1.37 bits per heavy atom. The highest BCUT2D eigenvalue weighted by atomic mass is 16.5. The van der Waals surface area contributed by atoms with E-state index in [2.05, 4.69) is 4.98 Å². The molecule has 0 aromatic carbocycles. The molecule has 1 N–H and O–H groups in total. The summed E-state index contributed by atoms with van der Waals surface area (Å²) in [4.78, 5) is 45.2. The molecule has 30 heavy (non-hydrogen) atoms. The lowest BCUT2D eigenvalue weighted by Crippen LogP contribution is -2.44. The first-order valence-electron chi connectivity index (χ1n) is 10.1. The third-order valence-corrected chi connectivity index (χ3v) is 4.59. The van der Waals surface area contributed by atoms with Crippen LogP contribution in [0.5, 0.6) is 0 Å². The molecule has 1 amide bonds. The van der Waals surface area contributed by atoms with E-state index < -0.39 is 6.09 Å². The average Bonchev–Trinajstić information content (AvgIpc) is 2.67. The topological polar surface area (TPSA) is 113 Å². The van der Waals surface area contributed by atoms with Crippen molar-refractivity contribution in [2.45, 2.75) is 26.9 Å². The summed E-state index contributed by atoms with van der Waals surface area (Å²) < 4.78 is 10.1. The van der Waals surface area contributed by atoms with Gasteiger partial charge in [-0.3, -0.25) is 24.4 Å². The van der Waals surface area contributed by atoms with Crippen LogP contribution in [0.1, 0.15) is 25.2 Å². The van der Waals surface area contributed by atoms with Crippen LogP contribution in [0.4, 0.5) is 4.79 Å². The van der Waals surface area contributed by atoms with Crippen LogP contribution >= 0.6 is 0 Å². The Hall–Kier alpha value is -2.72. The van der Waals surface area contributed by atoms with E-state index in [1.807, 2.05) is 28.0 Å². The molecule has 0 aliphatic carbocycles. The van der Waals surface area contributed by atoms with Crippen molar-refractivity contribution in [3.63, 3.8) is 0 Å². The lowest BCUT2D eigenvalue weighted by atomic mass is 10.2. The molecule has 1 aliphatic rings. The molecule has 0 saturated carbocycles. The molecule has 2 heterocycles. The summed E-state index contributed by atoms with van der Waals surface area (Å²) in [6.07, 6.45) is -1.05. The molecule has 0 saturated heterocycles. The Morgan fingerprint density at radius 3 is 1.77 bits per heavy atom. The molecule has 166 valence electrons. The fourth-order valence-corrected chi connectivity index (χ4v) is 3.20. The number of aromatic nitrogens is 1. The van der Waals surface area contributed by atoms with Crippen molar-refractivity contribution in [1.29, 1.82) is 0 Å². The number of hydrogen-bond donors (Lipinski definition) is 1. The van der Waals surface area contributed by atoms with Crippen LogP contribution in [0.2, 0.25) is 0 Å². The van der Waals surface area contributed by atoms with E-state index in [-0.39, 0.29) is 51.3 Å². The Kier molecular flexibility index (Phi) is 9.49. The number of hydrogen-bond acceptors (Lipinski definition) is 8. The zero-order chi connectivity index (χ0) is 21.9. The van der Waals surface area contributed by atoms with Crippen molar-refractivity contribution in [1.82, 2.24) is 19.7 Å². The van der Waals surface area contributed by atoms with Crippen LogP contribution < -0.4 is 0 Å². The third-order valence-electron chi connectivity index (χ3n) is 4.59. The zero-order valence-corrected chi connectivity index (χ0v) is 17.6. The molecular formula is C20H30N4O6. The second kappa shape index (κ2) is 12.1. The molecule has 2 bridgehead atoms. The summed E-state index contributed by atoms with van der Waals surface area (Å²) in [5, 5.41) is 9.57. The number of pyridine rings is 1. The average molecular weight is 422 g/mol. The molecule has 0 fully saturated rings. The SMILES string of the molecule is CCOC(=O)CN1CCN(C(=O)O)CCN(CC(=O)OCC)Cc2cccc(n2)C1. The van der Waals surface area contributed by atoms with Gasteiger partial charge in [0.05, 0.1) is 37.7 Å². The van der Waals surface area contributed by atoms with Gasteiger partial charge in [-0.05, 0) is 26.0 Å². The summed E-state index contributed by atoms with van der Waals surface area (Å²) >= 11 is 0. The number of amides is 1. The first-order valence-corrected chi connectivity index (χ1v) is 10.1. The van der Waals surface area contributed by atoms with Crippen molar-refractivity contribution < 1.29 is 29.0 Å². The van der Waals surface area contributed by atoms with Crippen LogP contribution in [0.15, 0.2) is 18.2 Å². The van der Waals surface area contributed by atoms with Crippen molar-refractivity contribution >= 4 is 18.0 Å². The molecular weight excluding hydrogens is 392 g/mol. The van der Waals surface area contributed by atoms with Gasteiger partial charge in [0.2, 0.25) is 0 Å². The summed E-state index contributed by atoms with van der Waals surface area (Å²) in [7, 11) is 0. The predicted molar refractivity (Wildman–Crippen MR) is 108 cm³/mol. The molecule has 1 aliphatic heterocycles. The standard InChI is InChI=1S/C20H30N4O6/c1-3-29-18(25)14-22-8-10-24(20(27)28)11-9-23(15-19(26)30-4-2)13-17-7-5-6-16(12-22)21-17/h5-7H,3-4,8-15H2,1-2H3,(H,27,28). The maximum absolute atomic E-state index is 12.0. The van der Waals surface area contributed by atoms with Crippen molar-refractivity contribution in [2.24, 2.45) is 0 Å². The van der Waals surface area contributed by atoms with Gasteiger partial charge in [0.25, 0.3) is 0 Å². The molecule has 0 radical (unpaired) electrons. The highest BCUT2D eigenvalue weighted by molar-refractivity contribution is 5.72. The Bertz CT molecular complexity index is 680. The normalized spacial score (nSPS) is 16.3. The lowest BCUT2D eigenvalue weighted by Gasteiger charge is -2.29. The summed E-state index contributed by atoms with van der Waals surface area (Å²) in [6.45, 7) is 6.12. The van der Waals surface area contributed by atoms with Crippen molar-refractivity contribution in [3.8, 4) is 0 Å². The van der Waals surface area contributed by atoms with Crippen molar-refractivity contribution in [2.75, 3.05) is 52.5 Å². The highest BCUT2D eigenvalue weighted by Crippen LogP contribution is 2.09. The minimum Gasteiger partial charge on any atom is -0.465 e. The van der Waals surface area contributed by atoms with E-state index in [4.69, 9.17) is 9.47 Å².